The summed E-state index contributed by atoms with van der Waals surface area (Å²) in [5, 5.41) is 0. The molecule has 5 nitrogen and oxygen atoms in total. The summed E-state index contributed by atoms with van der Waals surface area (Å²) in [6.07, 6.45) is -0.681. The van der Waals surface area contributed by atoms with Crippen molar-refractivity contribution in [1.82, 2.24) is 14.9 Å². The molecule has 3 rings (SSSR count). The van der Waals surface area contributed by atoms with Gasteiger partial charge < -0.3 is 9.64 Å². The molecule has 0 spiro atoms. The number of carbonyl (C=O) groups excluding carboxylic acids is 1. The Morgan fingerprint density at radius 2 is 1.88 bits per heavy atom. The summed E-state index contributed by atoms with van der Waals surface area (Å²) in [5.74, 6) is -0.139. The molecule has 0 N–H and O–H groups in total. The van der Waals surface area contributed by atoms with E-state index in [2.05, 4.69) is 9.97 Å². The molecule has 8 heteroatoms. The maximum Gasteiger partial charge on any atom is 0.416 e. The van der Waals surface area contributed by atoms with E-state index in [1.165, 1.54) is 12.1 Å². The van der Waals surface area contributed by atoms with E-state index in [-0.39, 0.29) is 24.4 Å². The predicted molar refractivity (Wildman–Crippen MR) is 82.8 cm³/mol. The van der Waals surface area contributed by atoms with Crippen LogP contribution in [0.25, 0.3) is 0 Å². The third kappa shape index (κ3) is 4.46. The highest BCUT2D eigenvalue weighted by atomic mass is 19.4. The fourth-order valence-electron chi connectivity index (χ4n) is 2.64. The van der Waals surface area contributed by atoms with Crippen LogP contribution < -0.4 is 4.74 Å². The van der Waals surface area contributed by atoms with E-state index in [0.29, 0.717) is 25.1 Å². The standard InChI is InChI=1S/C17H16F3N3O2/c18-17(19,20)13-4-2-12(3-5-13)10-15(24)23-9-6-14(11-23)25-16-21-7-1-8-22-16/h1-5,7-8,14H,6,9-11H2. The van der Waals surface area contributed by atoms with Crippen molar-refractivity contribution in [3.8, 4) is 6.01 Å². The molecule has 0 bridgehead atoms. The summed E-state index contributed by atoms with van der Waals surface area (Å²) in [7, 11) is 0. The lowest BCUT2D eigenvalue weighted by Gasteiger charge is -2.17. The molecule has 132 valence electrons. The topological polar surface area (TPSA) is 55.3 Å². The largest absolute Gasteiger partial charge is 0.458 e. The number of aromatic nitrogens is 2. The first-order chi connectivity index (χ1) is 11.9. The highest BCUT2D eigenvalue weighted by Gasteiger charge is 2.31. The molecule has 2 aromatic rings. The van der Waals surface area contributed by atoms with Gasteiger partial charge in [0.15, 0.2) is 0 Å². The molecule has 1 saturated heterocycles. The van der Waals surface area contributed by atoms with Crippen LogP contribution in [0.4, 0.5) is 13.2 Å². The first kappa shape index (κ1) is 17.2. The molecule has 1 amide bonds. The van der Waals surface area contributed by atoms with Gasteiger partial charge in [0.2, 0.25) is 5.91 Å². The van der Waals surface area contributed by atoms with Crippen LogP contribution in [0.15, 0.2) is 42.7 Å². The van der Waals surface area contributed by atoms with Gasteiger partial charge in [-0.2, -0.15) is 13.2 Å². The molecular weight excluding hydrogens is 335 g/mol. The zero-order valence-corrected chi connectivity index (χ0v) is 13.2. The van der Waals surface area contributed by atoms with Crippen molar-refractivity contribution in [3.63, 3.8) is 0 Å². The van der Waals surface area contributed by atoms with Crippen molar-refractivity contribution in [2.45, 2.75) is 25.1 Å². The summed E-state index contributed by atoms with van der Waals surface area (Å²) in [4.78, 5) is 21.9. The molecule has 1 fully saturated rings. The monoisotopic (exact) mass is 351 g/mol. The number of alkyl halides is 3. The van der Waals surface area contributed by atoms with Crippen LogP contribution in [0.1, 0.15) is 17.5 Å². The van der Waals surface area contributed by atoms with Crippen LogP contribution in [0.5, 0.6) is 6.01 Å². The molecule has 1 aromatic heterocycles. The van der Waals surface area contributed by atoms with Gasteiger partial charge in [-0.05, 0) is 23.8 Å². The number of hydrogen-bond donors (Lipinski definition) is 0. The first-order valence-corrected chi connectivity index (χ1v) is 7.79. The van der Waals surface area contributed by atoms with Gasteiger partial charge in [0.25, 0.3) is 0 Å². The average Bonchev–Trinajstić information content (AvgIpc) is 3.04. The molecule has 0 saturated carbocycles. The highest BCUT2D eigenvalue weighted by Crippen LogP contribution is 2.29. The molecule has 1 aliphatic rings. The summed E-state index contributed by atoms with van der Waals surface area (Å²) >= 11 is 0. The molecule has 0 aliphatic carbocycles. The molecule has 1 atom stereocenters. The third-order valence-corrected chi connectivity index (χ3v) is 3.95. The average molecular weight is 351 g/mol. The quantitative estimate of drug-likeness (QED) is 0.850. The second kappa shape index (κ2) is 7.08. The fourth-order valence-corrected chi connectivity index (χ4v) is 2.64. The fraction of sp³-hybridized carbons (Fsp3) is 0.353. The second-order valence-corrected chi connectivity index (χ2v) is 5.77. The Bertz CT molecular complexity index is 720. The Morgan fingerprint density at radius 1 is 1.20 bits per heavy atom. The highest BCUT2D eigenvalue weighted by molar-refractivity contribution is 5.79. The minimum absolute atomic E-state index is 0.0622. The number of ether oxygens (including phenoxy) is 1. The van der Waals surface area contributed by atoms with Crippen LogP contribution in [-0.4, -0.2) is 40.0 Å². The minimum atomic E-state index is -4.37. The number of benzene rings is 1. The first-order valence-electron chi connectivity index (χ1n) is 7.79. The third-order valence-electron chi connectivity index (χ3n) is 3.95. The van der Waals surface area contributed by atoms with Crippen molar-refractivity contribution >= 4 is 5.91 Å². The Kier molecular flexibility index (Phi) is 4.87. The van der Waals surface area contributed by atoms with Gasteiger partial charge in [0, 0.05) is 25.4 Å². The van der Waals surface area contributed by atoms with Gasteiger partial charge in [-0.3, -0.25) is 4.79 Å². The number of amides is 1. The number of nitrogens with zero attached hydrogens (tertiary/aromatic N) is 3. The van der Waals surface area contributed by atoms with Crippen molar-refractivity contribution in [3.05, 3.63) is 53.9 Å². The van der Waals surface area contributed by atoms with Crippen molar-refractivity contribution in [2.75, 3.05) is 13.1 Å². The van der Waals surface area contributed by atoms with Gasteiger partial charge in [-0.1, -0.05) is 12.1 Å². The summed E-state index contributed by atoms with van der Waals surface area (Å²) < 4.78 is 43.3. The summed E-state index contributed by atoms with van der Waals surface area (Å²) in [6.45, 7) is 0.953. The molecule has 0 radical (unpaired) electrons. The normalized spacial score (nSPS) is 17.6. The van der Waals surface area contributed by atoms with E-state index < -0.39 is 11.7 Å². The maximum absolute atomic E-state index is 12.6. The maximum atomic E-state index is 12.6. The molecule has 25 heavy (non-hydrogen) atoms. The lowest BCUT2D eigenvalue weighted by atomic mass is 10.1. The van der Waals surface area contributed by atoms with E-state index in [1.807, 2.05) is 0 Å². The van der Waals surface area contributed by atoms with Gasteiger partial charge in [0.1, 0.15) is 6.10 Å². The molecule has 1 aliphatic heterocycles. The number of likely N-dealkylation sites (tertiary alicyclic amines) is 1. The lowest BCUT2D eigenvalue weighted by Crippen LogP contribution is -2.32. The minimum Gasteiger partial charge on any atom is -0.458 e. The zero-order chi connectivity index (χ0) is 17.9. The van der Waals surface area contributed by atoms with Crippen LogP contribution in [0.2, 0.25) is 0 Å². The van der Waals surface area contributed by atoms with E-state index in [0.717, 1.165) is 12.1 Å². The van der Waals surface area contributed by atoms with Crippen LogP contribution in [-0.2, 0) is 17.4 Å². The summed E-state index contributed by atoms with van der Waals surface area (Å²) in [5.41, 5.74) is -0.171. The van der Waals surface area contributed by atoms with Crippen molar-refractivity contribution < 1.29 is 22.7 Å². The van der Waals surface area contributed by atoms with Crippen LogP contribution in [0, 0.1) is 0 Å². The predicted octanol–water partition coefficient (Wildman–Crippen LogP) is 2.72. The molecule has 2 heterocycles. The van der Waals surface area contributed by atoms with Crippen LogP contribution in [0.3, 0.4) is 0 Å². The van der Waals surface area contributed by atoms with E-state index >= 15 is 0 Å². The van der Waals surface area contributed by atoms with E-state index in [4.69, 9.17) is 4.74 Å². The SMILES string of the molecule is O=C(Cc1ccc(C(F)(F)F)cc1)N1CCC(Oc2ncccn2)C1. The van der Waals surface area contributed by atoms with Crippen LogP contribution >= 0.6 is 0 Å². The lowest BCUT2D eigenvalue weighted by molar-refractivity contribution is -0.137. The van der Waals surface area contributed by atoms with Gasteiger partial charge in [-0.25, -0.2) is 9.97 Å². The van der Waals surface area contributed by atoms with Crippen molar-refractivity contribution in [2.24, 2.45) is 0 Å². The second-order valence-electron chi connectivity index (χ2n) is 5.77. The summed E-state index contributed by atoms with van der Waals surface area (Å²) in [6, 6.07) is 6.60. The number of rotatable bonds is 4. The Balaban J connectivity index is 1.54. The molecule has 1 aromatic carbocycles. The molecule has 1 unspecified atom stereocenters. The number of carbonyl (C=O) groups is 1. The molecular formula is C17H16F3N3O2. The number of halogens is 3. The Hall–Kier alpha value is -2.64. The van der Waals surface area contributed by atoms with E-state index in [1.54, 1.807) is 23.4 Å². The zero-order valence-electron chi connectivity index (χ0n) is 13.2. The van der Waals surface area contributed by atoms with Crippen molar-refractivity contribution in [1.29, 1.82) is 0 Å². The smallest absolute Gasteiger partial charge is 0.416 e. The van der Waals surface area contributed by atoms with E-state index in [9.17, 15) is 18.0 Å². The Morgan fingerprint density at radius 3 is 2.52 bits per heavy atom. The Labute approximate surface area is 142 Å². The van der Waals surface area contributed by atoms with Gasteiger partial charge >= 0.3 is 12.2 Å². The van der Waals surface area contributed by atoms with Gasteiger partial charge in [0.05, 0.1) is 18.5 Å². The number of hydrogen-bond acceptors (Lipinski definition) is 4. The van der Waals surface area contributed by atoms with Gasteiger partial charge in [-0.15, -0.1) is 0 Å².